The SMILES string of the molecule is FC1(F)C(c2ccccc2)=C1S(F)(F)(F)(F)c1ccccn1. The number of allylic oxidation sites excluding steroid dienone is 2. The van der Waals surface area contributed by atoms with Crippen molar-refractivity contribution < 1.29 is 24.3 Å². The zero-order valence-electron chi connectivity index (χ0n) is 10.8. The molecule has 0 spiro atoms. The molecule has 0 amide bonds. The van der Waals surface area contributed by atoms with Crippen molar-refractivity contribution in [3.05, 3.63) is 65.2 Å². The van der Waals surface area contributed by atoms with Crippen molar-refractivity contribution in [2.24, 2.45) is 0 Å². The maximum atomic E-state index is 14.3. The molecular weight excluding hydrogens is 328 g/mol. The topological polar surface area (TPSA) is 12.9 Å². The molecule has 2 aromatic rings. The van der Waals surface area contributed by atoms with E-state index < -0.39 is 31.3 Å². The van der Waals surface area contributed by atoms with Crippen molar-refractivity contribution in [3.63, 3.8) is 0 Å². The Kier molecular flexibility index (Phi) is 2.50. The van der Waals surface area contributed by atoms with Gasteiger partial charge in [0.2, 0.25) is 9.84 Å². The van der Waals surface area contributed by atoms with Crippen LogP contribution in [0.25, 0.3) is 5.57 Å². The minimum atomic E-state index is -9.35. The number of rotatable bonds is 3. The normalized spacial score (nSPS) is 20.3. The molecule has 0 radical (unpaired) electrons. The highest BCUT2D eigenvalue weighted by molar-refractivity contribution is 8.53. The van der Waals surface area contributed by atoms with Crippen LogP contribution in [0.1, 0.15) is 5.56 Å². The smallest absolute Gasteiger partial charge is 0.243 e. The van der Waals surface area contributed by atoms with Crippen LogP contribution in [0.3, 0.4) is 0 Å². The summed E-state index contributed by atoms with van der Waals surface area (Å²) in [4.78, 5) is 0.529. The van der Waals surface area contributed by atoms with E-state index in [1.54, 1.807) is 0 Å². The van der Waals surface area contributed by atoms with E-state index in [-0.39, 0.29) is 5.56 Å². The van der Waals surface area contributed by atoms with Gasteiger partial charge in [-0.2, -0.15) is 8.78 Å². The molecule has 3 rings (SSSR count). The van der Waals surface area contributed by atoms with Gasteiger partial charge in [0, 0.05) is 6.20 Å². The molecule has 0 saturated heterocycles. The number of benzene rings is 1. The first kappa shape index (κ1) is 15.0. The average Bonchev–Trinajstić information content (AvgIpc) is 3.05. The van der Waals surface area contributed by atoms with E-state index in [9.17, 15) is 24.3 Å². The molecule has 0 unspecified atom stereocenters. The average molecular weight is 337 g/mol. The monoisotopic (exact) mass is 337 g/mol. The largest absolute Gasteiger partial charge is 0.312 e. The van der Waals surface area contributed by atoms with Gasteiger partial charge in [-0.1, -0.05) is 36.4 Å². The number of aromatic nitrogens is 1. The Hall–Kier alpha value is -1.96. The van der Waals surface area contributed by atoms with Gasteiger partial charge < -0.3 is 0 Å². The van der Waals surface area contributed by atoms with Crippen LogP contribution >= 0.6 is 9.84 Å². The van der Waals surface area contributed by atoms with Gasteiger partial charge in [0.05, 0.1) is 5.57 Å². The van der Waals surface area contributed by atoms with Crippen molar-refractivity contribution in [1.29, 1.82) is 0 Å². The Balaban J connectivity index is 2.27. The van der Waals surface area contributed by atoms with E-state index >= 15 is 0 Å². The first-order valence-electron chi connectivity index (χ1n) is 6.08. The number of hydrogen-bond acceptors (Lipinski definition) is 1. The fourth-order valence-corrected chi connectivity index (χ4v) is 4.35. The molecule has 1 heterocycles. The Labute approximate surface area is 121 Å². The highest BCUT2D eigenvalue weighted by Gasteiger charge is 2.84. The maximum absolute atomic E-state index is 14.3. The van der Waals surface area contributed by atoms with Gasteiger partial charge in [0.15, 0.2) is 5.03 Å². The minimum Gasteiger partial charge on any atom is -0.243 e. The highest BCUT2D eigenvalue weighted by Crippen LogP contribution is 3.09. The lowest BCUT2D eigenvalue weighted by Gasteiger charge is -2.47. The molecule has 0 saturated carbocycles. The third-order valence-corrected chi connectivity index (χ3v) is 5.66. The third-order valence-electron chi connectivity index (χ3n) is 3.30. The predicted octanol–water partition coefficient (Wildman–Crippen LogP) is 5.91. The number of pyridine rings is 1. The summed E-state index contributed by atoms with van der Waals surface area (Å²) in [6.45, 7) is 0. The summed E-state index contributed by atoms with van der Waals surface area (Å²) in [5.74, 6) is -4.35. The molecule has 1 aliphatic carbocycles. The first-order chi connectivity index (χ1) is 9.98. The zero-order chi connectivity index (χ0) is 16.3. The maximum Gasteiger partial charge on any atom is 0.312 e. The molecule has 1 aliphatic rings. The van der Waals surface area contributed by atoms with Crippen molar-refractivity contribution in [1.82, 2.24) is 4.98 Å². The van der Waals surface area contributed by atoms with Crippen molar-refractivity contribution in [3.8, 4) is 0 Å². The van der Waals surface area contributed by atoms with Gasteiger partial charge in [0.25, 0.3) is 0 Å². The van der Waals surface area contributed by atoms with E-state index in [0.717, 1.165) is 30.5 Å². The Morgan fingerprint density at radius 1 is 0.818 bits per heavy atom. The van der Waals surface area contributed by atoms with Crippen molar-refractivity contribution >= 4 is 15.4 Å². The Morgan fingerprint density at radius 3 is 1.95 bits per heavy atom. The molecule has 1 nitrogen and oxygen atoms in total. The van der Waals surface area contributed by atoms with Crippen molar-refractivity contribution in [2.45, 2.75) is 10.9 Å². The van der Waals surface area contributed by atoms with Crippen LogP contribution in [0.5, 0.6) is 0 Å². The second-order valence-corrected chi connectivity index (χ2v) is 7.85. The van der Waals surface area contributed by atoms with E-state index in [0.29, 0.717) is 6.07 Å². The van der Waals surface area contributed by atoms with Gasteiger partial charge in [-0.3, -0.25) is 0 Å². The summed E-state index contributed by atoms with van der Waals surface area (Å²) in [5.41, 5.74) is -1.68. The first-order valence-corrected chi connectivity index (χ1v) is 8.14. The van der Waals surface area contributed by atoms with Gasteiger partial charge >= 0.3 is 5.92 Å². The van der Waals surface area contributed by atoms with Crippen LogP contribution in [0.4, 0.5) is 24.3 Å². The Morgan fingerprint density at radius 2 is 1.41 bits per heavy atom. The van der Waals surface area contributed by atoms with Crippen LogP contribution in [-0.2, 0) is 0 Å². The predicted molar refractivity (Wildman–Crippen MR) is 72.8 cm³/mol. The van der Waals surface area contributed by atoms with Gasteiger partial charge in [-0.25, -0.2) is 4.98 Å². The molecule has 118 valence electrons. The van der Waals surface area contributed by atoms with Crippen molar-refractivity contribution in [2.75, 3.05) is 0 Å². The lowest BCUT2D eigenvalue weighted by atomic mass is 10.2. The lowest BCUT2D eigenvalue weighted by Crippen LogP contribution is -2.18. The van der Waals surface area contributed by atoms with Gasteiger partial charge in [-0.05, 0) is 17.7 Å². The van der Waals surface area contributed by atoms with Crippen LogP contribution in [0.2, 0.25) is 0 Å². The summed E-state index contributed by atoms with van der Waals surface area (Å²) in [7, 11) is -9.35. The molecule has 8 heteroatoms. The number of alkyl halides is 2. The van der Waals surface area contributed by atoms with E-state index in [1.165, 1.54) is 18.2 Å². The second kappa shape index (κ2) is 3.68. The summed E-state index contributed by atoms with van der Waals surface area (Å²) in [6, 6.07) is 8.67. The molecule has 0 fully saturated rings. The third kappa shape index (κ3) is 1.93. The fourth-order valence-electron chi connectivity index (χ4n) is 2.29. The molecule has 0 N–H and O–H groups in total. The Bertz CT molecular complexity index is 779. The molecule has 1 aromatic heterocycles. The molecule has 0 atom stereocenters. The number of hydrogen-bond donors (Lipinski definition) is 0. The van der Waals surface area contributed by atoms with Crippen LogP contribution < -0.4 is 0 Å². The second-order valence-electron chi connectivity index (χ2n) is 4.88. The van der Waals surface area contributed by atoms with Crippen LogP contribution in [0.15, 0.2) is 64.7 Å². The summed E-state index contributed by atoms with van der Waals surface area (Å²) in [6.07, 6.45) is 0.719. The zero-order valence-corrected chi connectivity index (χ0v) is 11.6. The summed E-state index contributed by atoms with van der Waals surface area (Å²) in [5, 5.41) is -1.91. The van der Waals surface area contributed by atoms with E-state index in [4.69, 9.17) is 0 Å². The van der Waals surface area contributed by atoms with E-state index in [2.05, 4.69) is 4.98 Å². The molecular formula is C14H9F6NS. The highest BCUT2D eigenvalue weighted by atomic mass is 32.5. The standard InChI is InChI=1S/C14H9F6NS/c15-14(16)12(10-6-2-1-3-7-10)13(14)22(17,18,19,20)11-8-4-5-9-21-11/h1-9H. The molecule has 1 aromatic carbocycles. The summed E-state index contributed by atoms with van der Waals surface area (Å²) < 4.78 is 84.9. The molecule has 0 aliphatic heterocycles. The number of nitrogens with zero attached hydrogens (tertiary/aromatic N) is 1. The fraction of sp³-hybridized carbons (Fsp3) is 0.0714. The lowest BCUT2D eigenvalue weighted by molar-refractivity contribution is 0.151. The van der Waals surface area contributed by atoms with Gasteiger partial charge in [0.1, 0.15) is 4.91 Å². The minimum absolute atomic E-state index is 0.353. The quantitative estimate of drug-likeness (QED) is 0.634. The van der Waals surface area contributed by atoms with E-state index in [1.807, 2.05) is 0 Å². The van der Waals surface area contributed by atoms with Crippen LogP contribution in [-0.4, -0.2) is 10.9 Å². The van der Waals surface area contributed by atoms with Crippen LogP contribution in [0, 0.1) is 0 Å². The molecule has 22 heavy (non-hydrogen) atoms. The number of halogens is 6. The summed E-state index contributed by atoms with van der Waals surface area (Å²) >= 11 is 0. The van der Waals surface area contributed by atoms with Gasteiger partial charge in [-0.15, -0.1) is 15.5 Å². The molecule has 0 bridgehead atoms.